The summed E-state index contributed by atoms with van der Waals surface area (Å²) < 4.78 is 108. The lowest BCUT2D eigenvalue weighted by Crippen LogP contribution is -2.34. The Balaban J connectivity index is 0.000000140. The number of nitrogens with one attached hydrogen (secondary N) is 1. The zero-order valence-corrected chi connectivity index (χ0v) is 81.3. The largest absolute Gasteiger partial charge is 0.490 e. The number of fused-ring (bicyclic) bond motifs is 5. The maximum atomic E-state index is 12.9. The van der Waals surface area contributed by atoms with E-state index in [1.807, 2.05) is 74.9 Å². The first-order valence-electron chi connectivity index (χ1n) is 41.4. The number of aliphatic hydroxyl groups is 5. The highest BCUT2D eigenvalue weighted by Gasteiger charge is 2.51. The lowest BCUT2D eigenvalue weighted by Gasteiger charge is -2.24. The van der Waals surface area contributed by atoms with Crippen LogP contribution in [-0.4, -0.2) is 210 Å². The summed E-state index contributed by atoms with van der Waals surface area (Å²) in [5.41, 5.74) is 13.3. The number of pyridine rings is 5. The van der Waals surface area contributed by atoms with E-state index in [4.69, 9.17) is 99.1 Å². The van der Waals surface area contributed by atoms with Crippen LogP contribution in [0.4, 0.5) is 0 Å². The second-order valence-electron chi connectivity index (χ2n) is 30.7. The number of aromatic nitrogens is 10. The van der Waals surface area contributed by atoms with Gasteiger partial charge in [0.15, 0.2) is 43.2 Å². The minimum Gasteiger partial charge on any atom is -0.454 e. The molecule has 40 nitrogen and oxygen atoms in total. The number of phosphoric acid groups is 3. The fourth-order valence-corrected chi connectivity index (χ4v) is 23.0. The Morgan fingerprint density at radius 2 is 0.778 bits per heavy atom. The van der Waals surface area contributed by atoms with Crippen LogP contribution in [0.5, 0.6) is 0 Å². The summed E-state index contributed by atoms with van der Waals surface area (Å²) in [7, 11) is -16.6. The highest BCUT2D eigenvalue weighted by Crippen LogP contribution is 2.66. The summed E-state index contributed by atoms with van der Waals surface area (Å²) in [6.45, 7) is 12.1. The van der Waals surface area contributed by atoms with Crippen LogP contribution in [0.25, 0.3) is 51.1 Å². The summed E-state index contributed by atoms with van der Waals surface area (Å²) in [4.78, 5) is 131. The Kier molecular flexibility index (Phi) is 35.0. The molecule has 51 heteroatoms. The summed E-state index contributed by atoms with van der Waals surface area (Å²) >= 11 is 23.2. The van der Waals surface area contributed by atoms with Crippen molar-refractivity contribution in [3.63, 3.8) is 0 Å². The molecule has 720 valence electrons. The lowest BCUT2D eigenvalue weighted by molar-refractivity contribution is -0.186. The van der Waals surface area contributed by atoms with E-state index in [2.05, 4.69) is 56.9 Å². The number of H-pyrrole nitrogens is 1. The number of esters is 4. The van der Waals surface area contributed by atoms with E-state index in [1.165, 1.54) is 78.9 Å². The SMILES string of the molecule is CC[C@H]1OC(OC(C)=O)[C@@H](OC(=O)c2ccccc2)C1C.CC[C@H]1O[C@@H](n2ccc3ncsc3c2=O)[C@@H](OC(=O)c2ccccc2)C1C.CC[C@H]1O[C@@H](n2ccc3ncsc3c2=S)[C@@H](OC(=O)c2ccccc2)C1C.O=P(O)(O)OP(=O)(O)OP(=O)(O)OC[C@H]1O[C@@H](n2ccc3ncsc3c2=S)[C@@H](O)C1O.O=c1[nH]ccc2ncsc12.OC[C@H]1O[C@@H](n2ccc3ncsc3c2=S)[C@@H](O)C1O. The van der Waals surface area contributed by atoms with Gasteiger partial charge in [-0.1, -0.05) is 133 Å². The Hall–Kier alpha value is -8.99. The first-order chi connectivity index (χ1) is 64.4. The summed E-state index contributed by atoms with van der Waals surface area (Å²) in [5.74, 6) is -1.65. The number of hydrogen-bond acceptors (Lipinski definition) is 39. The van der Waals surface area contributed by atoms with Crippen molar-refractivity contribution in [2.75, 3.05) is 13.2 Å². The smallest absolute Gasteiger partial charge is 0.454 e. The van der Waals surface area contributed by atoms with Crippen molar-refractivity contribution in [3.05, 3.63) is 231 Å². The number of aromatic amines is 1. The first kappa shape index (κ1) is 103. The number of carbonyl (C=O) groups is 4. The van der Waals surface area contributed by atoms with Crippen molar-refractivity contribution in [2.24, 2.45) is 17.8 Å². The Bertz CT molecular complexity index is 6620. The van der Waals surface area contributed by atoms with E-state index in [9.17, 15) is 67.8 Å². The number of nitrogens with zero attached hydrogens (tertiary/aromatic N) is 9. The monoisotopic (exact) mass is 2070 g/mol. The highest BCUT2D eigenvalue weighted by molar-refractivity contribution is 7.72. The molecule has 5 saturated heterocycles. The van der Waals surface area contributed by atoms with Crippen LogP contribution in [0.15, 0.2) is 189 Å². The van der Waals surface area contributed by atoms with Crippen LogP contribution in [0, 0.1) is 31.7 Å². The number of hydrogen-bond donors (Lipinski definition) is 10. The van der Waals surface area contributed by atoms with Gasteiger partial charge >= 0.3 is 47.3 Å². The Labute approximate surface area is 802 Å². The second-order valence-corrected chi connectivity index (χ2v) is 40.6. The molecule has 10 N–H and O–H groups in total. The molecular formula is C84H91N10O30P3S8. The maximum absolute atomic E-state index is 12.9. The topological polar surface area (TPSA) is 546 Å². The molecule has 0 amide bonds. The fraction of sp³-hybridized carbons (Fsp3) is 0.381. The van der Waals surface area contributed by atoms with Crippen molar-refractivity contribution >= 4 is 192 Å². The molecule has 5 aliphatic heterocycles. The fourth-order valence-electron chi connectivity index (χ4n) is 15.2. The molecule has 3 aromatic carbocycles. The van der Waals surface area contributed by atoms with E-state index < -0.39 is 134 Å². The standard InChI is InChI=1S/C20H20N2O4S.C20H20N2O3S2.C16H20O5.C11H15N2O13P3S2.C11H12N2O4S2.C6H4N2OS/c1-3-15-12(2)16(26-20(24)13-7-5-4-6-8-13)19(25-15)22-10-9-14-17(18(22)23)27-11-21-14;1-3-15-12(2)16(25-20(23)13-7-5-4-6-8-13)18(24-15)22-10-9-14-17(19(22)26)27-11-21-14;1-4-13-10(2)14(16(20-13)19-11(3)17)21-15(18)12-8-6-5-7-9-12;14-7-6(3-23-28(19,20)26-29(21,22)25-27(16,17)18)24-10(8(7)15)13-2-1-5-9(11(13)30)31-4-12-5;14-3-6-7(15)8(16)10(17-6)13-2-1-5-9(11(13)18)19-4-12-5;9-6-5-4(1-2-7-6)8-3-10-5/h4-12,15-16,19H,3H2,1-2H3;4-12,15-16,18H,3H2,1-2H3;5-10,13-14,16H,4H2,1-3H3;1-2,4,6-8,10,14-15H,3H2,(H,19,20)(H,21,22)(H2,16,17,18);1-2,4,6-8,10,14-16H,3H2;1-3H,(H,7,9)/t12?,15-,16+,19-;12?,15-,16+,18-;10?,13-,14+,16?;2*6-,7?,8+,10-;/m11111./s1. The van der Waals surface area contributed by atoms with Gasteiger partial charge < -0.3 is 106 Å². The van der Waals surface area contributed by atoms with E-state index in [1.54, 1.807) is 136 Å². The third-order valence-electron chi connectivity index (χ3n) is 22.0. The van der Waals surface area contributed by atoms with Crippen molar-refractivity contribution in [1.82, 2.24) is 48.2 Å². The molecule has 135 heavy (non-hydrogen) atoms. The molecule has 13 aromatic rings. The van der Waals surface area contributed by atoms with E-state index in [0.717, 1.165) is 45.2 Å². The van der Waals surface area contributed by atoms with Gasteiger partial charge in [0, 0.05) is 55.7 Å². The molecule has 0 saturated carbocycles. The van der Waals surface area contributed by atoms with Crippen molar-refractivity contribution in [3.8, 4) is 0 Å². The third kappa shape index (κ3) is 24.7. The molecule has 0 aliphatic carbocycles. The summed E-state index contributed by atoms with van der Waals surface area (Å²) in [6.07, 6.45) is -2.67. The van der Waals surface area contributed by atoms with Gasteiger partial charge in [0.2, 0.25) is 6.29 Å². The predicted molar refractivity (Wildman–Crippen MR) is 502 cm³/mol. The molecule has 10 aromatic heterocycles. The van der Waals surface area contributed by atoms with E-state index >= 15 is 0 Å². The molecule has 5 aliphatic rings. The number of benzene rings is 3. The van der Waals surface area contributed by atoms with Gasteiger partial charge in [-0.25, -0.2) is 53.0 Å². The van der Waals surface area contributed by atoms with Crippen LogP contribution in [0.3, 0.4) is 0 Å². The van der Waals surface area contributed by atoms with E-state index in [-0.39, 0.29) is 64.4 Å². The Morgan fingerprint density at radius 3 is 1.18 bits per heavy atom. The Morgan fingerprint density at radius 1 is 0.430 bits per heavy atom. The second kappa shape index (κ2) is 45.7. The van der Waals surface area contributed by atoms with Crippen LogP contribution >= 0.6 is 117 Å². The number of rotatable bonds is 22. The molecule has 0 spiro atoms. The van der Waals surface area contributed by atoms with E-state index in [0.29, 0.717) is 51.1 Å². The maximum Gasteiger partial charge on any atom is 0.490 e. The van der Waals surface area contributed by atoms with Crippen LogP contribution in [-0.2, 0) is 74.3 Å². The van der Waals surface area contributed by atoms with Crippen LogP contribution in [0.2, 0.25) is 0 Å². The molecule has 0 radical (unpaired) electrons. The normalized spacial score (nSPS) is 26.0. The lowest BCUT2D eigenvalue weighted by atomic mass is 9.98. The zero-order valence-electron chi connectivity index (χ0n) is 72.1. The predicted octanol–water partition coefficient (Wildman–Crippen LogP) is 13.4. The molecule has 5 fully saturated rings. The highest BCUT2D eigenvalue weighted by atomic mass is 32.1. The number of thiazole rings is 5. The summed E-state index contributed by atoms with van der Waals surface area (Å²) in [5, 5.41) is 49.3. The van der Waals surface area contributed by atoms with Crippen molar-refractivity contribution in [1.29, 1.82) is 0 Å². The minimum atomic E-state index is -5.68. The quantitative estimate of drug-likeness (QED) is 0.0130. The van der Waals surface area contributed by atoms with Crippen molar-refractivity contribution < 1.29 is 134 Å². The zero-order chi connectivity index (χ0) is 97.1. The van der Waals surface area contributed by atoms with Crippen molar-refractivity contribution in [2.45, 2.75) is 172 Å². The molecule has 8 unspecified atom stereocenters. The van der Waals surface area contributed by atoms with Gasteiger partial charge in [0.05, 0.1) is 117 Å². The first-order valence-corrected chi connectivity index (χ1v) is 51.6. The van der Waals surface area contributed by atoms with Gasteiger partial charge in [-0.3, -0.25) is 23.5 Å². The van der Waals surface area contributed by atoms with Gasteiger partial charge in [-0.2, -0.15) is 8.62 Å². The summed E-state index contributed by atoms with van der Waals surface area (Å²) in [6, 6.07) is 35.5. The number of aliphatic hydroxyl groups excluding tert-OH is 5. The van der Waals surface area contributed by atoms with Crippen LogP contribution in [0.1, 0.15) is 124 Å². The third-order valence-corrected chi connectivity index (χ3v) is 31.7. The number of ether oxygens (including phenoxy) is 9. The van der Waals surface area contributed by atoms with Gasteiger partial charge in [-0.15, -0.1) is 56.7 Å². The molecule has 15 heterocycles. The molecular weight excluding hydrogens is 1980 g/mol. The van der Waals surface area contributed by atoms with Gasteiger partial charge in [-0.05, 0) is 86.0 Å². The average molecular weight is 2070 g/mol. The molecule has 0 bridgehead atoms. The average Bonchev–Trinajstić information content (AvgIpc) is 1.64. The van der Waals surface area contributed by atoms with Gasteiger partial charge in [0.1, 0.15) is 59.9 Å². The van der Waals surface area contributed by atoms with Gasteiger partial charge in [0.25, 0.3) is 11.1 Å². The minimum absolute atomic E-state index is 0.00244. The number of carbonyl (C=O) groups excluding carboxylic acids is 4. The molecule has 18 rings (SSSR count). The van der Waals surface area contributed by atoms with Crippen LogP contribution < -0.4 is 11.1 Å². The molecule has 22 atom stereocenters. The number of phosphoric ester groups is 1.